The first-order valence-corrected chi connectivity index (χ1v) is 13.7. The molecule has 12 nitrogen and oxygen atoms in total. The highest BCUT2D eigenvalue weighted by Gasteiger charge is 2.33. The minimum Gasteiger partial charge on any atom is -0.497 e. The molecule has 0 spiro atoms. The highest BCUT2D eigenvalue weighted by molar-refractivity contribution is 7.92. The smallest absolute Gasteiger partial charge is 0.271 e. The largest absolute Gasteiger partial charge is 0.497 e. The van der Waals surface area contributed by atoms with Gasteiger partial charge in [-0.2, -0.15) is 0 Å². The van der Waals surface area contributed by atoms with Crippen molar-refractivity contribution in [3.63, 3.8) is 0 Å². The summed E-state index contributed by atoms with van der Waals surface area (Å²) in [6.45, 7) is 4.60. The van der Waals surface area contributed by atoms with Gasteiger partial charge in [0.1, 0.15) is 29.8 Å². The molecule has 1 N–H and O–H groups in total. The highest BCUT2D eigenvalue weighted by Crippen LogP contribution is 2.34. The maximum absolute atomic E-state index is 13.8. The Hall–Kier alpha value is -3.87. The predicted octanol–water partition coefficient (Wildman–Crippen LogP) is 2.71. The van der Waals surface area contributed by atoms with Crippen LogP contribution in [0.5, 0.6) is 11.5 Å². The standard InChI is InChI=1S/C25H34N4O8S/c1-7-21(25(31)26-17(2)3)27(15-18-9-8-10-20(13-18)36-4)24(30)16-28(38(6,34)35)22-14-19(29(32)33)11-12-23(22)37-5/h8-14,17,21H,7,15-16H2,1-6H3,(H,26,31)/t21-/m0/s1. The maximum Gasteiger partial charge on any atom is 0.271 e. The number of amides is 2. The molecule has 1 atom stereocenters. The number of nitrogens with one attached hydrogen (secondary N) is 1. The van der Waals surface area contributed by atoms with Gasteiger partial charge in [0, 0.05) is 24.7 Å². The van der Waals surface area contributed by atoms with Crippen LogP contribution >= 0.6 is 0 Å². The van der Waals surface area contributed by atoms with E-state index in [9.17, 15) is 28.1 Å². The van der Waals surface area contributed by atoms with Crippen molar-refractivity contribution in [1.82, 2.24) is 10.2 Å². The molecule has 2 amide bonds. The fraction of sp³-hybridized carbons (Fsp3) is 0.440. The van der Waals surface area contributed by atoms with Gasteiger partial charge in [-0.3, -0.25) is 24.0 Å². The number of nitrogens with zero attached hydrogens (tertiary/aromatic N) is 3. The number of sulfonamides is 1. The highest BCUT2D eigenvalue weighted by atomic mass is 32.2. The molecular weight excluding hydrogens is 516 g/mol. The van der Waals surface area contributed by atoms with E-state index < -0.39 is 39.3 Å². The molecule has 0 saturated heterocycles. The average Bonchev–Trinajstić information content (AvgIpc) is 2.85. The number of nitro groups is 1. The van der Waals surface area contributed by atoms with Crippen LogP contribution in [-0.2, 0) is 26.2 Å². The van der Waals surface area contributed by atoms with E-state index in [1.54, 1.807) is 45.0 Å². The van der Waals surface area contributed by atoms with E-state index in [-0.39, 0.29) is 36.1 Å². The Balaban J connectivity index is 2.58. The van der Waals surface area contributed by atoms with Gasteiger partial charge >= 0.3 is 0 Å². The summed E-state index contributed by atoms with van der Waals surface area (Å²) >= 11 is 0. The van der Waals surface area contributed by atoms with Crippen LogP contribution in [0.4, 0.5) is 11.4 Å². The maximum atomic E-state index is 13.8. The van der Waals surface area contributed by atoms with Gasteiger partial charge in [-0.05, 0) is 44.0 Å². The summed E-state index contributed by atoms with van der Waals surface area (Å²) in [6.07, 6.45) is 1.14. The Labute approximate surface area is 222 Å². The third kappa shape index (κ3) is 7.81. The Morgan fingerprint density at radius 1 is 1.11 bits per heavy atom. The number of carbonyl (C=O) groups excluding carboxylic acids is 2. The number of ether oxygens (including phenoxy) is 2. The zero-order valence-corrected chi connectivity index (χ0v) is 23.1. The Morgan fingerprint density at radius 2 is 1.79 bits per heavy atom. The molecule has 2 aromatic carbocycles. The summed E-state index contributed by atoms with van der Waals surface area (Å²) in [5, 5.41) is 14.2. The average molecular weight is 551 g/mol. The van der Waals surface area contributed by atoms with Gasteiger partial charge in [0.25, 0.3) is 5.69 Å². The Morgan fingerprint density at radius 3 is 2.32 bits per heavy atom. The number of rotatable bonds is 13. The third-order valence-corrected chi connectivity index (χ3v) is 6.75. The van der Waals surface area contributed by atoms with E-state index in [0.717, 1.165) is 16.6 Å². The van der Waals surface area contributed by atoms with E-state index in [1.807, 2.05) is 0 Å². The molecule has 0 heterocycles. The topological polar surface area (TPSA) is 148 Å². The van der Waals surface area contributed by atoms with Gasteiger partial charge in [0.15, 0.2) is 0 Å². The minimum atomic E-state index is -4.11. The van der Waals surface area contributed by atoms with Gasteiger partial charge < -0.3 is 19.7 Å². The quantitative estimate of drug-likeness (QED) is 0.296. The molecule has 0 aromatic heterocycles. The number of benzene rings is 2. The van der Waals surface area contributed by atoms with Gasteiger partial charge in [0.2, 0.25) is 21.8 Å². The first-order valence-electron chi connectivity index (χ1n) is 11.8. The fourth-order valence-electron chi connectivity index (χ4n) is 3.85. The molecule has 0 radical (unpaired) electrons. The molecule has 0 unspecified atom stereocenters. The molecule has 0 bridgehead atoms. The molecule has 0 aliphatic rings. The van der Waals surface area contributed by atoms with Gasteiger partial charge in [-0.25, -0.2) is 8.42 Å². The summed E-state index contributed by atoms with van der Waals surface area (Å²) in [4.78, 5) is 38.8. The zero-order valence-electron chi connectivity index (χ0n) is 22.3. The number of carbonyl (C=O) groups is 2. The van der Waals surface area contributed by atoms with Crippen LogP contribution in [-0.4, -0.2) is 69.2 Å². The lowest BCUT2D eigenvalue weighted by Gasteiger charge is -2.33. The molecule has 0 fully saturated rings. The van der Waals surface area contributed by atoms with Crippen molar-refractivity contribution in [2.75, 3.05) is 31.3 Å². The van der Waals surface area contributed by atoms with Crippen LogP contribution in [0, 0.1) is 10.1 Å². The third-order valence-electron chi connectivity index (χ3n) is 5.63. The lowest BCUT2D eigenvalue weighted by Crippen LogP contribution is -2.53. The number of hydrogen-bond donors (Lipinski definition) is 1. The van der Waals surface area contributed by atoms with Crippen LogP contribution < -0.4 is 19.1 Å². The van der Waals surface area contributed by atoms with Gasteiger partial charge in [0.05, 0.1) is 25.4 Å². The van der Waals surface area contributed by atoms with Crippen molar-refractivity contribution < 1.29 is 32.4 Å². The fourth-order valence-corrected chi connectivity index (χ4v) is 4.69. The second-order valence-electron chi connectivity index (χ2n) is 8.84. The molecule has 0 aliphatic heterocycles. The number of non-ortho nitro benzene ring substituents is 1. The van der Waals surface area contributed by atoms with E-state index in [4.69, 9.17) is 9.47 Å². The summed E-state index contributed by atoms with van der Waals surface area (Å²) in [6, 6.07) is 9.30. The normalized spacial score (nSPS) is 12.0. The number of anilines is 1. The van der Waals surface area contributed by atoms with E-state index in [1.165, 1.54) is 31.3 Å². The van der Waals surface area contributed by atoms with Crippen LogP contribution in [0.2, 0.25) is 0 Å². The van der Waals surface area contributed by atoms with Crippen LogP contribution in [0.25, 0.3) is 0 Å². The molecule has 208 valence electrons. The molecule has 0 saturated carbocycles. The number of hydrogen-bond acceptors (Lipinski definition) is 8. The van der Waals surface area contributed by atoms with Crippen LogP contribution in [0.15, 0.2) is 42.5 Å². The monoisotopic (exact) mass is 550 g/mol. The van der Waals surface area contributed by atoms with Crippen LogP contribution in [0.3, 0.4) is 0 Å². The number of nitro benzene ring substituents is 1. The second-order valence-corrected chi connectivity index (χ2v) is 10.8. The molecule has 2 aromatic rings. The molecule has 2 rings (SSSR count). The minimum absolute atomic E-state index is 0.0102. The summed E-state index contributed by atoms with van der Waals surface area (Å²) in [7, 11) is -1.33. The van der Waals surface area contributed by atoms with E-state index >= 15 is 0 Å². The summed E-state index contributed by atoms with van der Waals surface area (Å²) in [5.41, 5.74) is 0.115. The Bertz CT molecular complexity index is 1270. The molecule has 0 aliphatic carbocycles. The van der Waals surface area contributed by atoms with Crippen molar-refractivity contribution in [3.8, 4) is 11.5 Å². The van der Waals surface area contributed by atoms with Gasteiger partial charge in [-0.15, -0.1) is 0 Å². The van der Waals surface area contributed by atoms with Crippen molar-refractivity contribution in [3.05, 3.63) is 58.1 Å². The molecule has 38 heavy (non-hydrogen) atoms. The van der Waals surface area contributed by atoms with Gasteiger partial charge in [-0.1, -0.05) is 19.1 Å². The summed E-state index contributed by atoms with van der Waals surface area (Å²) in [5.74, 6) is -0.499. The van der Waals surface area contributed by atoms with Crippen molar-refractivity contribution >= 4 is 33.2 Å². The lowest BCUT2D eigenvalue weighted by molar-refractivity contribution is -0.384. The van der Waals surface area contributed by atoms with E-state index in [0.29, 0.717) is 11.3 Å². The predicted molar refractivity (Wildman–Crippen MR) is 143 cm³/mol. The number of methoxy groups -OCH3 is 2. The van der Waals surface area contributed by atoms with Crippen molar-refractivity contribution in [2.24, 2.45) is 0 Å². The van der Waals surface area contributed by atoms with E-state index in [2.05, 4.69) is 5.32 Å². The lowest BCUT2D eigenvalue weighted by atomic mass is 10.1. The van der Waals surface area contributed by atoms with Crippen LogP contribution in [0.1, 0.15) is 32.8 Å². The first kappa shape index (κ1) is 30.4. The van der Waals surface area contributed by atoms with Crippen molar-refractivity contribution in [1.29, 1.82) is 0 Å². The molecule has 13 heteroatoms. The zero-order chi connectivity index (χ0) is 28.6. The van der Waals surface area contributed by atoms with Crippen molar-refractivity contribution in [2.45, 2.75) is 45.8 Å². The molecular formula is C25H34N4O8S. The summed E-state index contributed by atoms with van der Waals surface area (Å²) < 4.78 is 36.9. The first-order chi connectivity index (χ1) is 17.8. The second kappa shape index (κ2) is 13.1. The Kier molecular flexibility index (Phi) is 10.5. The SMILES string of the molecule is CC[C@@H](C(=O)NC(C)C)N(Cc1cccc(OC)c1)C(=O)CN(c1cc([N+](=O)[O-])ccc1OC)S(C)(=O)=O.